The highest BCUT2D eigenvalue weighted by atomic mass is 35.5. The average molecular weight is 317 g/mol. The quantitative estimate of drug-likeness (QED) is 0.810. The zero-order valence-electron chi connectivity index (χ0n) is 12.9. The second-order valence-electron chi connectivity index (χ2n) is 5.31. The van der Waals surface area contributed by atoms with Gasteiger partial charge in [-0.3, -0.25) is 0 Å². The first-order chi connectivity index (χ1) is 10.6. The van der Waals surface area contributed by atoms with E-state index < -0.39 is 0 Å². The summed E-state index contributed by atoms with van der Waals surface area (Å²) < 4.78 is 0. The summed E-state index contributed by atoms with van der Waals surface area (Å²) in [5, 5.41) is 3.65. The van der Waals surface area contributed by atoms with Crippen LogP contribution < -0.4 is 5.32 Å². The number of para-hydroxylation sites is 1. The molecule has 1 unspecified atom stereocenters. The van der Waals surface area contributed by atoms with Crippen molar-refractivity contribution in [3.05, 3.63) is 65.2 Å². The van der Waals surface area contributed by atoms with Crippen LogP contribution in [-0.2, 0) is 6.54 Å². The van der Waals surface area contributed by atoms with Crippen LogP contribution in [0.25, 0.3) is 0 Å². The number of anilines is 1. The number of carbonyl (C=O) groups is 1. The zero-order chi connectivity index (χ0) is 15.9. The lowest BCUT2D eigenvalue weighted by Gasteiger charge is -2.29. The highest BCUT2D eigenvalue weighted by Gasteiger charge is 2.19. The molecular weight excluding hydrogens is 296 g/mol. The summed E-state index contributed by atoms with van der Waals surface area (Å²) in [6, 6.07) is 17.2. The third-order valence-corrected chi connectivity index (χ3v) is 3.93. The monoisotopic (exact) mass is 316 g/mol. The SMILES string of the molecule is CCC(C)N(Cc1ccc(Cl)cc1)C(=O)Nc1ccccc1. The van der Waals surface area contributed by atoms with Gasteiger partial charge in [0.25, 0.3) is 0 Å². The maximum atomic E-state index is 12.6. The van der Waals surface area contributed by atoms with Gasteiger partial charge in [0.15, 0.2) is 0 Å². The van der Waals surface area contributed by atoms with E-state index in [9.17, 15) is 4.79 Å². The van der Waals surface area contributed by atoms with E-state index in [0.29, 0.717) is 11.6 Å². The molecule has 22 heavy (non-hydrogen) atoms. The van der Waals surface area contributed by atoms with E-state index in [-0.39, 0.29) is 12.1 Å². The van der Waals surface area contributed by atoms with Gasteiger partial charge in [-0.15, -0.1) is 0 Å². The predicted octanol–water partition coefficient (Wildman–Crippen LogP) is 5.17. The van der Waals surface area contributed by atoms with Gasteiger partial charge in [-0.2, -0.15) is 0 Å². The Kier molecular flexibility index (Phi) is 5.84. The first-order valence-corrected chi connectivity index (χ1v) is 7.85. The first kappa shape index (κ1) is 16.4. The third kappa shape index (κ3) is 4.50. The van der Waals surface area contributed by atoms with Crippen LogP contribution in [0.4, 0.5) is 10.5 Å². The maximum Gasteiger partial charge on any atom is 0.322 e. The normalized spacial score (nSPS) is 11.8. The van der Waals surface area contributed by atoms with Gasteiger partial charge in [-0.05, 0) is 43.2 Å². The van der Waals surface area contributed by atoms with Crippen LogP contribution in [0.15, 0.2) is 54.6 Å². The molecule has 0 heterocycles. The fourth-order valence-electron chi connectivity index (χ4n) is 2.15. The minimum absolute atomic E-state index is 0.0875. The van der Waals surface area contributed by atoms with Crippen molar-refractivity contribution in [2.45, 2.75) is 32.9 Å². The molecule has 2 aromatic rings. The molecule has 0 aliphatic carbocycles. The second kappa shape index (κ2) is 7.85. The van der Waals surface area contributed by atoms with E-state index in [2.05, 4.69) is 19.2 Å². The molecule has 2 rings (SSSR count). The molecule has 0 aliphatic heterocycles. The van der Waals surface area contributed by atoms with Crippen molar-refractivity contribution < 1.29 is 4.79 Å². The van der Waals surface area contributed by atoms with Crippen molar-refractivity contribution in [1.82, 2.24) is 4.90 Å². The molecule has 0 bridgehead atoms. The summed E-state index contributed by atoms with van der Waals surface area (Å²) in [7, 11) is 0. The Hall–Kier alpha value is -2.00. The molecule has 0 spiro atoms. The highest BCUT2D eigenvalue weighted by molar-refractivity contribution is 6.30. The number of benzene rings is 2. The molecule has 2 aromatic carbocycles. The molecule has 1 N–H and O–H groups in total. The topological polar surface area (TPSA) is 32.3 Å². The molecule has 0 aliphatic rings. The van der Waals surface area contributed by atoms with Gasteiger partial charge in [0, 0.05) is 23.3 Å². The lowest BCUT2D eigenvalue weighted by molar-refractivity contribution is 0.187. The summed E-state index contributed by atoms with van der Waals surface area (Å²) in [5.41, 5.74) is 1.87. The van der Waals surface area contributed by atoms with E-state index in [1.54, 1.807) is 0 Å². The Balaban J connectivity index is 2.11. The lowest BCUT2D eigenvalue weighted by atomic mass is 10.1. The Labute approximate surface area is 136 Å². The molecule has 0 fully saturated rings. The van der Waals surface area contributed by atoms with E-state index in [4.69, 9.17) is 11.6 Å². The summed E-state index contributed by atoms with van der Waals surface area (Å²) in [5.74, 6) is 0. The number of nitrogens with zero attached hydrogens (tertiary/aromatic N) is 1. The van der Waals surface area contributed by atoms with Crippen LogP contribution in [0, 0.1) is 0 Å². The first-order valence-electron chi connectivity index (χ1n) is 7.47. The van der Waals surface area contributed by atoms with Gasteiger partial charge in [-0.25, -0.2) is 4.79 Å². The maximum absolute atomic E-state index is 12.6. The molecule has 1 atom stereocenters. The van der Waals surface area contributed by atoms with Crippen LogP contribution in [-0.4, -0.2) is 17.0 Å². The third-order valence-electron chi connectivity index (χ3n) is 3.67. The molecule has 0 aromatic heterocycles. The smallest absolute Gasteiger partial charge is 0.318 e. The van der Waals surface area contributed by atoms with Gasteiger partial charge in [0.2, 0.25) is 0 Å². The Morgan fingerprint density at radius 1 is 1.14 bits per heavy atom. The Bertz CT molecular complexity index is 598. The second-order valence-corrected chi connectivity index (χ2v) is 5.74. The largest absolute Gasteiger partial charge is 0.322 e. The molecule has 4 heteroatoms. The highest BCUT2D eigenvalue weighted by Crippen LogP contribution is 2.16. The van der Waals surface area contributed by atoms with Crippen LogP contribution in [0.3, 0.4) is 0 Å². The summed E-state index contributed by atoms with van der Waals surface area (Å²) >= 11 is 5.92. The lowest BCUT2D eigenvalue weighted by Crippen LogP contribution is -2.40. The van der Waals surface area contributed by atoms with Crippen molar-refractivity contribution in [1.29, 1.82) is 0 Å². The number of urea groups is 1. The van der Waals surface area contributed by atoms with Gasteiger partial charge >= 0.3 is 6.03 Å². The average Bonchev–Trinajstić information content (AvgIpc) is 2.54. The number of hydrogen-bond donors (Lipinski definition) is 1. The Morgan fingerprint density at radius 3 is 2.36 bits per heavy atom. The van der Waals surface area contributed by atoms with Crippen molar-refractivity contribution in [2.75, 3.05) is 5.32 Å². The van der Waals surface area contributed by atoms with Crippen molar-refractivity contribution in [2.24, 2.45) is 0 Å². The number of halogens is 1. The van der Waals surface area contributed by atoms with Crippen molar-refractivity contribution in [3.8, 4) is 0 Å². The molecule has 116 valence electrons. The molecule has 3 nitrogen and oxygen atoms in total. The number of nitrogens with one attached hydrogen (secondary N) is 1. The fourth-order valence-corrected chi connectivity index (χ4v) is 2.28. The number of carbonyl (C=O) groups excluding carboxylic acids is 1. The molecule has 0 saturated carbocycles. The summed E-state index contributed by atoms with van der Waals surface area (Å²) in [6.45, 7) is 4.70. The number of rotatable bonds is 5. The van der Waals surface area contributed by atoms with Crippen molar-refractivity contribution >= 4 is 23.3 Å². The van der Waals surface area contributed by atoms with Gasteiger partial charge in [0.05, 0.1) is 0 Å². The Morgan fingerprint density at radius 2 is 1.77 bits per heavy atom. The minimum Gasteiger partial charge on any atom is -0.318 e. The van der Waals surface area contributed by atoms with Crippen LogP contribution in [0.2, 0.25) is 5.02 Å². The van der Waals surface area contributed by atoms with Crippen molar-refractivity contribution in [3.63, 3.8) is 0 Å². The summed E-state index contributed by atoms with van der Waals surface area (Å²) in [6.07, 6.45) is 0.899. The fraction of sp³-hybridized carbons (Fsp3) is 0.278. The van der Waals surface area contributed by atoms with Gasteiger partial charge in [-0.1, -0.05) is 48.9 Å². The molecule has 0 radical (unpaired) electrons. The minimum atomic E-state index is -0.0875. The standard InChI is InChI=1S/C18H21ClN2O/c1-3-14(2)21(13-15-9-11-16(19)12-10-15)18(22)20-17-7-5-4-6-8-17/h4-12,14H,3,13H2,1-2H3,(H,20,22). The molecule has 2 amide bonds. The van der Waals surface area contributed by atoms with E-state index in [1.807, 2.05) is 59.5 Å². The van der Waals surface area contributed by atoms with Crippen LogP contribution in [0.5, 0.6) is 0 Å². The van der Waals surface area contributed by atoms with E-state index in [1.165, 1.54) is 0 Å². The number of amides is 2. The number of hydrogen-bond acceptors (Lipinski definition) is 1. The molecular formula is C18H21ClN2O. The predicted molar refractivity (Wildman–Crippen MR) is 92.2 cm³/mol. The van der Waals surface area contributed by atoms with Crippen LogP contribution >= 0.6 is 11.6 Å². The molecule has 0 saturated heterocycles. The van der Waals surface area contributed by atoms with Gasteiger partial charge < -0.3 is 10.2 Å². The van der Waals surface area contributed by atoms with E-state index >= 15 is 0 Å². The van der Waals surface area contributed by atoms with Crippen LogP contribution in [0.1, 0.15) is 25.8 Å². The van der Waals surface area contributed by atoms with E-state index in [0.717, 1.165) is 17.7 Å². The van der Waals surface area contributed by atoms with Gasteiger partial charge in [0.1, 0.15) is 0 Å². The summed E-state index contributed by atoms with van der Waals surface area (Å²) in [4.78, 5) is 14.4. The zero-order valence-corrected chi connectivity index (χ0v) is 13.7.